The van der Waals surface area contributed by atoms with Crippen LogP contribution in [0, 0.1) is 5.92 Å². The summed E-state index contributed by atoms with van der Waals surface area (Å²) in [5.41, 5.74) is 1.02. The molecule has 0 radical (unpaired) electrons. The highest BCUT2D eigenvalue weighted by molar-refractivity contribution is 5.79. The molecule has 2 aromatic rings. The van der Waals surface area contributed by atoms with Crippen LogP contribution >= 0.6 is 0 Å². The fourth-order valence-electron chi connectivity index (χ4n) is 2.41. The Hall–Kier alpha value is -1.61. The first-order chi connectivity index (χ1) is 8.92. The van der Waals surface area contributed by atoms with Crippen LogP contribution in [-0.2, 0) is 0 Å². The number of nitrogens with one attached hydrogen (secondary N) is 1. The zero-order valence-electron chi connectivity index (χ0n) is 10.4. The Labute approximate surface area is 107 Å². The molecular weight excluding hydrogens is 224 g/mol. The summed E-state index contributed by atoms with van der Waals surface area (Å²) in [5, 5.41) is 4.54. The van der Waals surface area contributed by atoms with E-state index >= 15 is 0 Å². The molecule has 1 aliphatic heterocycles. The van der Waals surface area contributed by atoms with Crippen LogP contribution in [0.1, 0.15) is 12.8 Å². The summed E-state index contributed by atoms with van der Waals surface area (Å²) in [6.07, 6.45) is 4.33. The van der Waals surface area contributed by atoms with Gasteiger partial charge in [-0.05, 0) is 31.5 Å². The van der Waals surface area contributed by atoms with Crippen LogP contribution in [0.4, 0.5) is 0 Å². The minimum Gasteiger partial charge on any atom is -0.492 e. The molecule has 0 spiro atoms. The number of piperidine rings is 1. The Kier molecular flexibility index (Phi) is 3.42. The third-order valence-electron chi connectivity index (χ3n) is 3.45. The summed E-state index contributed by atoms with van der Waals surface area (Å²) in [6, 6.07) is 10.2. The molecule has 1 aliphatic rings. The minimum absolute atomic E-state index is 0.630. The predicted molar refractivity (Wildman–Crippen MR) is 72.8 cm³/mol. The Morgan fingerprint density at radius 2 is 2.28 bits per heavy atom. The topological polar surface area (TPSA) is 34.1 Å². The molecule has 3 heteroatoms. The van der Waals surface area contributed by atoms with Crippen molar-refractivity contribution in [2.45, 2.75) is 12.8 Å². The number of ether oxygens (including phenoxy) is 1. The van der Waals surface area contributed by atoms with Gasteiger partial charge in [0.2, 0.25) is 0 Å². The summed E-state index contributed by atoms with van der Waals surface area (Å²) in [4.78, 5) is 4.40. The van der Waals surface area contributed by atoms with Crippen molar-refractivity contribution in [2.75, 3.05) is 19.7 Å². The quantitative estimate of drug-likeness (QED) is 0.898. The Morgan fingerprint density at radius 1 is 1.33 bits per heavy atom. The molecule has 1 saturated heterocycles. The highest BCUT2D eigenvalue weighted by Gasteiger charge is 2.13. The Morgan fingerprint density at radius 3 is 3.17 bits per heavy atom. The van der Waals surface area contributed by atoms with Gasteiger partial charge >= 0.3 is 0 Å². The smallest absolute Gasteiger partial charge is 0.138 e. The van der Waals surface area contributed by atoms with E-state index in [1.807, 2.05) is 24.4 Å². The van der Waals surface area contributed by atoms with Crippen molar-refractivity contribution < 1.29 is 4.74 Å². The number of pyridine rings is 1. The molecule has 1 atom stereocenters. The maximum atomic E-state index is 5.85. The van der Waals surface area contributed by atoms with Gasteiger partial charge in [0.05, 0.1) is 18.3 Å². The second-order valence-corrected chi connectivity index (χ2v) is 4.89. The second-order valence-electron chi connectivity index (χ2n) is 4.89. The summed E-state index contributed by atoms with van der Waals surface area (Å²) in [5.74, 6) is 1.50. The minimum atomic E-state index is 0.630. The van der Waals surface area contributed by atoms with Crippen molar-refractivity contribution in [1.29, 1.82) is 0 Å². The fourth-order valence-corrected chi connectivity index (χ4v) is 2.41. The number of hydrogen-bond acceptors (Lipinski definition) is 3. The van der Waals surface area contributed by atoms with Crippen molar-refractivity contribution in [3.63, 3.8) is 0 Å². The van der Waals surface area contributed by atoms with Gasteiger partial charge in [0.15, 0.2) is 0 Å². The van der Waals surface area contributed by atoms with E-state index in [1.165, 1.54) is 12.8 Å². The molecule has 1 fully saturated rings. The third-order valence-corrected chi connectivity index (χ3v) is 3.45. The molecule has 1 aromatic carbocycles. The fraction of sp³-hybridized carbons (Fsp3) is 0.400. The highest BCUT2D eigenvalue weighted by atomic mass is 16.5. The molecule has 0 saturated carbocycles. The van der Waals surface area contributed by atoms with Crippen LogP contribution in [-0.4, -0.2) is 24.7 Å². The van der Waals surface area contributed by atoms with E-state index in [2.05, 4.69) is 22.4 Å². The SMILES string of the molecule is c1ccc2ncc(OCC3CCCNC3)cc2c1. The average Bonchev–Trinajstić information content (AvgIpc) is 2.46. The van der Waals surface area contributed by atoms with Gasteiger partial charge in [-0.2, -0.15) is 0 Å². The van der Waals surface area contributed by atoms with Gasteiger partial charge in [0.1, 0.15) is 5.75 Å². The van der Waals surface area contributed by atoms with Gasteiger partial charge in [-0.15, -0.1) is 0 Å². The van der Waals surface area contributed by atoms with Gasteiger partial charge < -0.3 is 10.1 Å². The van der Waals surface area contributed by atoms with Crippen LogP contribution in [0.2, 0.25) is 0 Å². The molecule has 0 bridgehead atoms. The lowest BCUT2D eigenvalue weighted by molar-refractivity contribution is 0.218. The largest absolute Gasteiger partial charge is 0.492 e. The van der Waals surface area contributed by atoms with E-state index in [1.54, 1.807) is 0 Å². The maximum absolute atomic E-state index is 5.85. The van der Waals surface area contributed by atoms with E-state index in [0.29, 0.717) is 5.92 Å². The molecule has 0 aliphatic carbocycles. The molecular formula is C15H18N2O. The van der Waals surface area contributed by atoms with E-state index in [9.17, 15) is 0 Å². The van der Waals surface area contributed by atoms with Crippen LogP contribution in [0.3, 0.4) is 0 Å². The highest BCUT2D eigenvalue weighted by Crippen LogP contribution is 2.19. The molecule has 2 heterocycles. The number of fused-ring (bicyclic) bond motifs is 1. The standard InChI is InChI=1S/C15H18N2O/c1-2-6-15-13(5-1)8-14(10-17-15)18-11-12-4-3-7-16-9-12/h1-2,5-6,8,10,12,16H,3-4,7,9,11H2. The lowest BCUT2D eigenvalue weighted by Gasteiger charge is -2.22. The third kappa shape index (κ3) is 2.62. The van der Waals surface area contributed by atoms with E-state index in [-0.39, 0.29) is 0 Å². The number of hydrogen-bond donors (Lipinski definition) is 1. The summed E-state index contributed by atoms with van der Waals surface area (Å²) in [7, 11) is 0. The molecule has 1 aromatic heterocycles. The van der Waals surface area contributed by atoms with Crippen LogP contribution in [0.25, 0.3) is 10.9 Å². The van der Waals surface area contributed by atoms with Gasteiger partial charge in [-0.25, -0.2) is 0 Å². The van der Waals surface area contributed by atoms with E-state index in [0.717, 1.165) is 36.3 Å². The monoisotopic (exact) mass is 242 g/mol. The zero-order chi connectivity index (χ0) is 12.2. The normalized spacial score (nSPS) is 19.9. The first-order valence-electron chi connectivity index (χ1n) is 6.60. The molecule has 3 rings (SSSR count). The molecule has 3 nitrogen and oxygen atoms in total. The molecule has 0 amide bonds. The van der Waals surface area contributed by atoms with E-state index in [4.69, 9.17) is 4.74 Å². The molecule has 18 heavy (non-hydrogen) atoms. The Bertz CT molecular complexity index is 521. The average molecular weight is 242 g/mol. The van der Waals surface area contributed by atoms with Crippen molar-refractivity contribution in [3.8, 4) is 5.75 Å². The number of nitrogens with zero attached hydrogens (tertiary/aromatic N) is 1. The summed E-state index contributed by atoms with van der Waals surface area (Å²) in [6.45, 7) is 3.00. The zero-order valence-corrected chi connectivity index (χ0v) is 10.4. The van der Waals surface area contributed by atoms with Crippen molar-refractivity contribution in [3.05, 3.63) is 36.5 Å². The van der Waals surface area contributed by atoms with Crippen LogP contribution in [0.15, 0.2) is 36.5 Å². The van der Waals surface area contributed by atoms with Gasteiger partial charge in [-0.1, -0.05) is 18.2 Å². The number of aromatic nitrogens is 1. The van der Waals surface area contributed by atoms with E-state index < -0.39 is 0 Å². The van der Waals surface area contributed by atoms with Crippen molar-refractivity contribution >= 4 is 10.9 Å². The number of benzene rings is 1. The van der Waals surface area contributed by atoms with Crippen molar-refractivity contribution in [1.82, 2.24) is 10.3 Å². The Balaban J connectivity index is 1.66. The summed E-state index contributed by atoms with van der Waals surface area (Å²) >= 11 is 0. The maximum Gasteiger partial charge on any atom is 0.138 e. The summed E-state index contributed by atoms with van der Waals surface area (Å²) < 4.78 is 5.85. The number of rotatable bonds is 3. The predicted octanol–water partition coefficient (Wildman–Crippen LogP) is 2.61. The van der Waals surface area contributed by atoms with Gasteiger partial charge in [0.25, 0.3) is 0 Å². The van der Waals surface area contributed by atoms with Crippen LogP contribution in [0.5, 0.6) is 5.75 Å². The lowest BCUT2D eigenvalue weighted by Crippen LogP contribution is -2.33. The second kappa shape index (κ2) is 5.36. The van der Waals surface area contributed by atoms with Crippen LogP contribution < -0.4 is 10.1 Å². The lowest BCUT2D eigenvalue weighted by atomic mass is 10.0. The first-order valence-corrected chi connectivity index (χ1v) is 6.60. The molecule has 1 N–H and O–H groups in total. The van der Waals surface area contributed by atoms with Gasteiger partial charge in [0, 0.05) is 17.8 Å². The number of para-hydroxylation sites is 1. The molecule has 1 unspecified atom stereocenters. The molecule has 94 valence electrons. The first kappa shape index (κ1) is 11.5. The van der Waals surface area contributed by atoms with Gasteiger partial charge in [-0.3, -0.25) is 4.98 Å². The van der Waals surface area contributed by atoms with Crippen molar-refractivity contribution in [2.24, 2.45) is 5.92 Å².